The first-order chi connectivity index (χ1) is 30.7. The first-order valence-electron chi connectivity index (χ1n) is 23.9. The zero-order valence-corrected chi connectivity index (χ0v) is 40.0. The van der Waals surface area contributed by atoms with E-state index in [1.807, 2.05) is 0 Å². The maximum Gasteiger partial charge on any atom is 0.472 e. The lowest BCUT2D eigenvalue weighted by molar-refractivity contribution is -0.154. The van der Waals surface area contributed by atoms with Crippen molar-refractivity contribution >= 4 is 19.8 Å². The molecule has 10 nitrogen and oxygen atoms in total. The van der Waals surface area contributed by atoms with E-state index in [9.17, 15) is 19.0 Å². The number of ether oxygens (including phenoxy) is 2. The van der Waals surface area contributed by atoms with Gasteiger partial charge in [0, 0.05) is 13.0 Å². The molecule has 0 fully saturated rings. The Hall–Kier alpha value is -3.37. The molecular formula is C52H86NO9P. The van der Waals surface area contributed by atoms with Gasteiger partial charge < -0.3 is 25.2 Å². The number of hydrogen-bond acceptors (Lipinski definition) is 8. The van der Waals surface area contributed by atoms with Crippen molar-refractivity contribution in [3.05, 3.63) is 109 Å². The molecule has 0 aliphatic rings. The fourth-order valence-electron chi connectivity index (χ4n) is 5.91. The molecule has 3 atom stereocenters. The highest BCUT2D eigenvalue weighted by molar-refractivity contribution is 7.47. The molecule has 0 bridgehead atoms. The fourth-order valence-corrected chi connectivity index (χ4v) is 6.69. The minimum atomic E-state index is -4.64. The number of allylic oxidation sites excluding steroid dienone is 18. The van der Waals surface area contributed by atoms with Gasteiger partial charge >= 0.3 is 19.8 Å². The molecule has 0 rings (SSSR count). The third-order valence-corrected chi connectivity index (χ3v) is 10.5. The van der Waals surface area contributed by atoms with E-state index in [4.69, 9.17) is 29.4 Å². The van der Waals surface area contributed by atoms with Gasteiger partial charge in [0.2, 0.25) is 0 Å². The number of phosphoric ester groups is 1. The van der Waals surface area contributed by atoms with Crippen LogP contribution in [0.3, 0.4) is 0 Å². The highest BCUT2D eigenvalue weighted by Gasteiger charge is 2.27. The predicted octanol–water partition coefficient (Wildman–Crippen LogP) is 13.9. The lowest BCUT2D eigenvalue weighted by Gasteiger charge is -2.20. The number of carbonyl (C=O) groups is 2. The van der Waals surface area contributed by atoms with E-state index in [1.54, 1.807) is 0 Å². The van der Waals surface area contributed by atoms with Crippen LogP contribution in [0.4, 0.5) is 0 Å². The average Bonchev–Trinajstić information content (AvgIpc) is 3.26. The number of esters is 1. The number of carboxylic acids is 1. The number of carbonyl (C=O) groups excluding carboxylic acids is 1. The van der Waals surface area contributed by atoms with E-state index >= 15 is 0 Å². The van der Waals surface area contributed by atoms with Crippen LogP contribution in [-0.2, 0) is 32.7 Å². The maximum absolute atomic E-state index is 12.7. The van der Waals surface area contributed by atoms with Gasteiger partial charge in [0.25, 0.3) is 0 Å². The van der Waals surface area contributed by atoms with Crippen molar-refractivity contribution in [1.29, 1.82) is 0 Å². The average molecular weight is 900 g/mol. The van der Waals surface area contributed by atoms with Crippen LogP contribution in [-0.4, -0.2) is 60.5 Å². The molecule has 0 heterocycles. The van der Waals surface area contributed by atoms with Crippen molar-refractivity contribution in [2.75, 3.05) is 26.4 Å². The van der Waals surface area contributed by atoms with Crippen LogP contribution < -0.4 is 5.73 Å². The van der Waals surface area contributed by atoms with Crippen LogP contribution >= 0.6 is 7.82 Å². The topological polar surface area (TPSA) is 155 Å². The molecule has 0 aliphatic heterocycles. The Morgan fingerprint density at radius 1 is 0.508 bits per heavy atom. The molecule has 3 unspecified atom stereocenters. The van der Waals surface area contributed by atoms with Gasteiger partial charge in [0.05, 0.1) is 19.8 Å². The van der Waals surface area contributed by atoms with Crippen LogP contribution in [0.2, 0.25) is 0 Å². The highest BCUT2D eigenvalue weighted by Crippen LogP contribution is 2.43. The van der Waals surface area contributed by atoms with Crippen LogP contribution in [0, 0.1) is 0 Å². The molecule has 63 heavy (non-hydrogen) atoms. The van der Waals surface area contributed by atoms with Crippen molar-refractivity contribution < 1.29 is 42.7 Å². The number of hydrogen-bond donors (Lipinski definition) is 3. The van der Waals surface area contributed by atoms with Crippen LogP contribution in [0.5, 0.6) is 0 Å². The Kier molecular flexibility index (Phi) is 44.1. The number of carboxylic acid groups (broad SMARTS) is 1. The van der Waals surface area contributed by atoms with Crippen molar-refractivity contribution in [3.8, 4) is 0 Å². The molecule has 11 heteroatoms. The van der Waals surface area contributed by atoms with E-state index in [1.165, 1.54) is 19.3 Å². The van der Waals surface area contributed by atoms with Gasteiger partial charge in [-0.15, -0.1) is 0 Å². The smallest absolute Gasteiger partial charge is 0.472 e. The van der Waals surface area contributed by atoms with Crippen molar-refractivity contribution in [2.45, 2.75) is 180 Å². The van der Waals surface area contributed by atoms with Crippen LogP contribution in [0.25, 0.3) is 0 Å². The minimum absolute atomic E-state index is 0.00810. The summed E-state index contributed by atoms with van der Waals surface area (Å²) < 4.78 is 33.4. The zero-order chi connectivity index (χ0) is 46.2. The van der Waals surface area contributed by atoms with Gasteiger partial charge in [-0.3, -0.25) is 18.6 Å². The molecule has 0 radical (unpaired) electrons. The summed E-state index contributed by atoms with van der Waals surface area (Å²) in [6, 6.07) is -1.49. The summed E-state index contributed by atoms with van der Waals surface area (Å²) in [4.78, 5) is 33.7. The molecule has 0 saturated carbocycles. The summed E-state index contributed by atoms with van der Waals surface area (Å²) in [5, 5.41) is 8.92. The highest BCUT2D eigenvalue weighted by atomic mass is 31.2. The minimum Gasteiger partial charge on any atom is -0.480 e. The molecule has 0 aromatic heterocycles. The number of rotatable bonds is 44. The van der Waals surface area contributed by atoms with Gasteiger partial charge in [-0.05, 0) is 96.3 Å². The molecule has 0 aromatic rings. The summed E-state index contributed by atoms with van der Waals surface area (Å²) >= 11 is 0. The number of unbranched alkanes of at least 4 members (excludes halogenated alkanes) is 12. The zero-order valence-electron chi connectivity index (χ0n) is 39.1. The standard InChI is InChI=1S/C52H86NO9P/c1-3-5-7-9-11-13-15-17-19-21-23-24-25-26-27-28-30-32-34-36-38-40-42-44-51(54)62-49(47-60-63(57,58)61-48-50(53)52(55)56)46-59-45-43-41-39-37-35-33-31-29-22-20-18-16-14-12-10-8-6-4-2/h5-8,11-14,17-20,23-24,26-27,29,31,49-50H,3-4,9-10,15-16,21-22,25,28,30,32-48,53H2,1-2H3,(H,55,56)(H,57,58)/b7-5-,8-6-,13-11-,14-12-,19-17-,20-18-,24-23-,27-26-,31-29-. The largest absolute Gasteiger partial charge is 0.480 e. The van der Waals surface area contributed by atoms with Crippen molar-refractivity contribution in [1.82, 2.24) is 0 Å². The van der Waals surface area contributed by atoms with E-state index in [-0.39, 0.29) is 13.0 Å². The second-order valence-corrected chi connectivity index (χ2v) is 16.9. The second-order valence-electron chi connectivity index (χ2n) is 15.5. The third-order valence-electron chi connectivity index (χ3n) is 9.55. The van der Waals surface area contributed by atoms with E-state index in [2.05, 4.69) is 123 Å². The van der Waals surface area contributed by atoms with E-state index < -0.39 is 45.1 Å². The first-order valence-corrected chi connectivity index (χ1v) is 25.4. The summed E-state index contributed by atoms with van der Waals surface area (Å²) in [6.45, 7) is 3.58. The van der Waals surface area contributed by atoms with E-state index in [0.29, 0.717) is 13.0 Å². The maximum atomic E-state index is 12.7. The molecule has 0 aromatic carbocycles. The molecule has 0 aliphatic carbocycles. The lowest BCUT2D eigenvalue weighted by Crippen LogP contribution is -2.34. The van der Waals surface area contributed by atoms with Crippen LogP contribution in [0.15, 0.2) is 109 Å². The Labute approximate surface area is 382 Å². The Bertz CT molecular complexity index is 1410. The first kappa shape index (κ1) is 59.6. The van der Waals surface area contributed by atoms with Crippen molar-refractivity contribution in [2.24, 2.45) is 5.73 Å². The Balaban J connectivity index is 4.27. The fraction of sp³-hybridized carbons (Fsp3) is 0.615. The molecule has 0 amide bonds. The summed E-state index contributed by atoms with van der Waals surface area (Å²) in [7, 11) is -4.64. The van der Waals surface area contributed by atoms with Crippen molar-refractivity contribution in [3.63, 3.8) is 0 Å². The quantitative estimate of drug-likeness (QED) is 0.0233. The number of nitrogens with two attached hydrogens (primary N) is 1. The third kappa shape index (κ3) is 46.4. The van der Waals surface area contributed by atoms with Crippen LogP contribution in [0.1, 0.15) is 168 Å². The molecule has 358 valence electrons. The lowest BCUT2D eigenvalue weighted by atomic mass is 10.1. The van der Waals surface area contributed by atoms with Gasteiger partial charge in [-0.25, -0.2) is 4.57 Å². The SMILES string of the molecule is CC/C=C\C/C=C\C/C=C\C/C=C\C/C=C\CCCCCCCCCC(=O)OC(COCCCCCCC/C=C\C/C=C\C/C=C\C/C=C\CC)COP(=O)(O)OCC(N)C(=O)O. The summed E-state index contributed by atoms with van der Waals surface area (Å²) in [5.41, 5.74) is 5.37. The summed E-state index contributed by atoms with van der Waals surface area (Å²) in [6.07, 6.45) is 62.8. The predicted molar refractivity (Wildman–Crippen MR) is 262 cm³/mol. The Morgan fingerprint density at radius 2 is 0.873 bits per heavy atom. The normalized spacial score (nSPS) is 14.7. The molecule has 4 N–H and O–H groups in total. The van der Waals surface area contributed by atoms with E-state index in [0.717, 1.165) is 122 Å². The molecule has 0 saturated heterocycles. The van der Waals surface area contributed by atoms with Gasteiger partial charge in [-0.2, -0.15) is 0 Å². The van der Waals surface area contributed by atoms with Gasteiger partial charge in [0.15, 0.2) is 0 Å². The second kappa shape index (κ2) is 46.6. The Morgan fingerprint density at radius 3 is 1.30 bits per heavy atom. The number of phosphoric acid groups is 1. The molecule has 0 spiro atoms. The van der Waals surface area contributed by atoms with Gasteiger partial charge in [0.1, 0.15) is 12.1 Å². The number of aliphatic carboxylic acids is 1. The molecular weight excluding hydrogens is 814 g/mol. The summed E-state index contributed by atoms with van der Waals surface area (Å²) in [5.74, 6) is -1.81. The van der Waals surface area contributed by atoms with Gasteiger partial charge in [-0.1, -0.05) is 175 Å². The monoisotopic (exact) mass is 900 g/mol.